The van der Waals surface area contributed by atoms with Crippen molar-refractivity contribution in [2.75, 3.05) is 6.54 Å². The third kappa shape index (κ3) is 4.60. The van der Waals surface area contributed by atoms with Crippen LogP contribution < -0.4 is 10.0 Å². The van der Waals surface area contributed by atoms with Crippen LogP contribution in [0.1, 0.15) is 54.0 Å². The second kappa shape index (κ2) is 8.54. The number of hydrogen-bond donors (Lipinski definition) is 2. The molecule has 1 atom stereocenters. The molecule has 150 valence electrons. The van der Waals surface area contributed by atoms with Gasteiger partial charge in [0.15, 0.2) is 0 Å². The van der Waals surface area contributed by atoms with E-state index < -0.39 is 10.0 Å². The molecule has 2 aromatic carbocycles. The van der Waals surface area contributed by atoms with Crippen LogP contribution in [0.4, 0.5) is 0 Å². The molecule has 1 aliphatic carbocycles. The summed E-state index contributed by atoms with van der Waals surface area (Å²) >= 11 is 6.02. The van der Waals surface area contributed by atoms with Gasteiger partial charge in [-0.2, -0.15) is 0 Å². The lowest BCUT2D eigenvalue weighted by atomic mass is 9.92. The van der Waals surface area contributed by atoms with Gasteiger partial charge in [-0.05, 0) is 73.0 Å². The van der Waals surface area contributed by atoms with Crippen molar-refractivity contribution in [3.63, 3.8) is 0 Å². The molecular formula is C22H27ClN2O2S. The van der Waals surface area contributed by atoms with E-state index in [0.29, 0.717) is 6.54 Å². The van der Waals surface area contributed by atoms with Crippen LogP contribution in [0.25, 0.3) is 0 Å². The summed E-state index contributed by atoms with van der Waals surface area (Å²) in [7, 11) is -3.19. The summed E-state index contributed by atoms with van der Waals surface area (Å²) < 4.78 is 27.5. The van der Waals surface area contributed by atoms with Crippen LogP contribution in [0.15, 0.2) is 42.5 Å². The molecule has 0 aromatic heterocycles. The molecule has 6 heteroatoms. The molecular weight excluding hydrogens is 392 g/mol. The van der Waals surface area contributed by atoms with Crippen molar-refractivity contribution >= 4 is 21.6 Å². The summed E-state index contributed by atoms with van der Waals surface area (Å²) in [6, 6.07) is 14.6. The minimum absolute atomic E-state index is 0.201. The minimum atomic E-state index is -3.19. The van der Waals surface area contributed by atoms with Gasteiger partial charge in [0, 0.05) is 17.6 Å². The predicted octanol–water partition coefficient (Wildman–Crippen LogP) is 4.13. The Balaban J connectivity index is 1.52. The summed E-state index contributed by atoms with van der Waals surface area (Å²) in [5.74, 6) is 0. The Morgan fingerprint density at radius 3 is 2.50 bits per heavy atom. The van der Waals surface area contributed by atoms with E-state index >= 15 is 0 Å². The average Bonchev–Trinajstić information content (AvgIpc) is 2.82. The Labute approximate surface area is 172 Å². The number of sulfonamides is 1. The van der Waals surface area contributed by atoms with Gasteiger partial charge in [0.05, 0.1) is 5.25 Å². The maximum absolute atomic E-state index is 12.3. The van der Waals surface area contributed by atoms with Crippen molar-refractivity contribution in [1.82, 2.24) is 10.0 Å². The van der Waals surface area contributed by atoms with E-state index in [1.807, 2.05) is 12.1 Å². The van der Waals surface area contributed by atoms with Gasteiger partial charge in [-0.15, -0.1) is 0 Å². The Morgan fingerprint density at radius 2 is 1.79 bits per heavy atom. The second-order valence-corrected chi connectivity index (χ2v) is 10.4. The zero-order valence-electron chi connectivity index (χ0n) is 16.0. The van der Waals surface area contributed by atoms with Gasteiger partial charge in [-0.1, -0.05) is 48.4 Å². The molecule has 2 aliphatic rings. The van der Waals surface area contributed by atoms with Crippen LogP contribution in [0.3, 0.4) is 0 Å². The van der Waals surface area contributed by atoms with Crippen molar-refractivity contribution in [3.05, 3.63) is 69.7 Å². The van der Waals surface area contributed by atoms with Gasteiger partial charge >= 0.3 is 0 Å². The van der Waals surface area contributed by atoms with E-state index in [2.05, 4.69) is 40.4 Å². The number of aryl methyl sites for hydroxylation is 1. The molecule has 1 fully saturated rings. The third-order valence-electron chi connectivity index (χ3n) is 5.92. The summed E-state index contributed by atoms with van der Waals surface area (Å²) in [6.07, 6.45) is 5.63. The summed E-state index contributed by atoms with van der Waals surface area (Å²) in [6.45, 7) is 1.34. The molecule has 1 saturated carbocycles. The quantitative estimate of drug-likeness (QED) is 0.741. The van der Waals surface area contributed by atoms with Gasteiger partial charge < -0.3 is 5.32 Å². The SMILES string of the molecule is O=S(=O)(NCc1ccc2c(c1)C(Cc1ccc(Cl)cc1)NCCC2)C1CCC1. The van der Waals surface area contributed by atoms with Gasteiger partial charge in [-0.3, -0.25) is 0 Å². The highest BCUT2D eigenvalue weighted by Gasteiger charge is 2.30. The van der Waals surface area contributed by atoms with Crippen molar-refractivity contribution in [2.45, 2.75) is 56.4 Å². The highest BCUT2D eigenvalue weighted by atomic mass is 35.5. The number of fused-ring (bicyclic) bond motifs is 1. The molecule has 0 radical (unpaired) electrons. The number of benzene rings is 2. The van der Waals surface area contributed by atoms with E-state index in [0.717, 1.165) is 55.7 Å². The first-order valence-electron chi connectivity index (χ1n) is 10.1. The predicted molar refractivity (Wildman–Crippen MR) is 114 cm³/mol. The van der Waals surface area contributed by atoms with Crippen molar-refractivity contribution in [1.29, 1.82) is 0 Å². The Bertz CT molecular complexity index is 924. The lowest BCUT2D eigenvalue weighted by molar-refractivity contribution is 0.469. The number of hydrogen-bond acceptors (Lipinski definition) is 3. The van der Waals surface area contributed by atoms with Crippen molar-refractivity contribution < 1.29 is 8.42 Å². The lowest BCUT2D eigenvalue weighted by Crippen LogP contribution is -2.38. The largest absolute Gasteiger partial charge is 0.310 e. The Morgan fingerprint density at radius 1 is 1.04 bits per heavy atom. The van der Waals surface area contributed by atoms with Crippen molar-refractivity contribution in [2.24, 2.45) is 0 Å². The maximum atomic E-state index is 12.3. The molecule has 2 N–H and O–H groups in total. The van der Waals surface area contributed by atoms with Crippen LogP contribution in [0.2, 0.25) is 5.02 Å². The van der Waals surface area contributed by atoms with Crippen LogP contribution in [-0.2, 0) is 29.4 Å². The molecule has 4 rings (SSSR count). The molecule has 0 bridgehead atoms. The van der Waals surface area contributed by atoms with Gasteiger partial charge in [-0.25, -0.2) is 13.1 Å². The van der Waals surface area contributed by atoms with E-state index in [1.54, 1.807) is 0 Å². The molecule has 0 spiro atoms. The van der Waals surface area contributed by atoms with Gasteiger partial charge in [0.1, 0.15) is 0 Å². The van der Waals surface area contributed by atoms with E-state index in [1.165, 1.54) is 16.7 Å². The van der Waals surface area contributed by atoms with Crippen LogP contribution >= 0.6 is 11.6 Å². The first-order chi connectivity index (χ1) is 13.5. The number of nitrogens with one attached hydrogen (secondary N) is 2. The zero-order valence-corrected chi connectivity index (χ0v) is 17.5. The highest BCUT2D eigenvalue weighted by molar-refractivity contribution is 7.90. The number of rotatable bonds is 6. The van der Waals surface area contributed by atoms with Crippen molar-refractivity contribution in [3.8, 4) is 0 Å². The average molecular weight is 419 g/mol. The first kappa shape index (κ1) is 19.9. The molecule has 4 nitrogen and oxygen atoms in total. The fraction of sp³-hybridized carbons (Fsp3) is 0.455. The van der Waals surface area contributed by atoms with Crippen LogP contribution in [0.5, 0.6) is 0 Å². The fourth-order valence-electron chi connectivity index (χ4n) is 3.99. The Kier molecular flexibility index (Phi) is 6.07. The van der Waals surface area contributed by atoms with E-state index in [9.17, 15) is 8.42 Å². The summed E-state index contributed by atoms with van der Waals surface area (Å²) in [5, 5.41) is 4.21. The Hall–Kier alpha value is -1.40. The molecule has 0 saturated heterocycles. The van der Waals surface area contributed by atoms with Gasteiger partial charge in [0.2, 0.25) is 10.0 Å². The molecule has 28 heavy (non-hydrogen) atoms. The normalized spacial score (nSPS) is 20.2. The maximum Gasteiger partial charge on any atom is 0.214 e. The molecule has 0 amide bonds. The van der Waals surface area contributed by atoms with Crippen LogP contribution in [0, 0.1) is 0 Å². The summed E-state index contributed by atoms with van der Waals surface area (Å²) in [4.78, 5) is 0. The molecule has 1 heterocycles. The smallest absolute Gasteiger partial charge is 0.214 e. The van der Waals surface area contributed by atoms with Crippen LogP contribution in [-0.4, -0.2) is 20.2 Å². The molecule has 1 unspecified atom stereocenters. The fourth-order valence-corrected chi connectivity index (χ4v) is 5.68. The standard InChI is InChI=1S/C22H27ClN2O2S/c23-19-10-7-16(8-11-19)14-22-21-13-17(6-9-18(21)3-2-12-24-22)15-25-28(26,27)20-4-1-5-20/h6-11,13,20,22,24-25H,1-5,12,14-15H2. The highest BCUT2D eigenvalue weighted by Crippen LogP contribution is 2.28. The lowest BCUT2D eigenvalue weighted by Gasteiger charge is -2.25. The second-order valence-electron chi connectivity index (χ2n) is 7.89. The third-order valence-corrected chi connectivity index (χ3v) is 8.07. The minimum Gasteiger partial charge on any atom is -0.310 e. The number of halogens is 1. The van der Waals surface area contributed by atoms with E-state index in [4.69, 9.17) is 11.6 Å². The topological polar surface area (TPSA) is 58.2 Å². The summed E-state index contributed by atoms with van der Waals surface area (Å²) in [5.41, 5.74) is 4.90. The monoisotopic (exact) mass is 418 g/mol. The first-order valence-corrected chi connectivity index (χ1v) is 12.0. The molecule has 1 aliphatic heterocycles. The zero-order chi connectivity index (χ0) is 19.6. The van der Waals surface area contributed by atoms with Gasteiger partial charge in [0.25, 0.3) is 0 Å². The molecule has 2 aromatic rings. The van der Waals surface area contributed by atoms with E-state index in [-0.39, 0.29) is 11.3 Å².